The molecule has 6 nitrogen and oxygen atoms in total. The Kier molecular flexibility index (Phi) is 5.73. The topological polar surface area (TPSA) is 79.8 Å². The molecule has 2 aromatic heterocycles. The smallest absolute Gasteiger partial charge is 0.242 e. The van der Waals surface area contributed by atoms with Crippen LogP contribution in [0, 0.1) is 5.92 Å². The molecular weight excluding hydrogens is 326 g/mol. The van der Waals surface area contributed by atoms with Crippen molar-refractivity contribution in [3.05, 3.63) is 60.7 Å². The molecule has 0 aliphatic rings. The van der Waals surface area contributed by atoms with Crippen molar-refractivity contribution in [2.24, 2.45) is 5.92 Å². The van der Waals surface area contributed by atoms with Crippen molar-refractivity contribution in [1.82, 2.24) is 20.3 Å². The van der Waals surface area contributed by atoms with Crippen molar-refractivity contribution in [3.8, 4) is 0 Å². The number of fused-ring (bicyclic) bond motifs is 1. The Morgan fingerprint density at radius 1 is 1.08 bits per heavy atom. The lowest BCUT2D eigenvalue weighted by Crippen LogP contribution is -2.43. The summed E-state index contributed by atoms with van der Waals surface area (Å²) in [5.74, 6) is 0.764. The Labute approximate surface area is 153 Å². The number of aromatic nitrogens is 3. The second-order valence-electron chi connectivity index (χ2n) is 6.50. The number of anilines is 1. The summed E-state index contributed by atoms with van der Waals surface area (Å²) in [5.41, 5.74) is 2.00. The third kappa shape index (κ3) is 4.33. The molecule has 0 radical (unpaired) electrons. The number of para-hydroxylation sites is 1. The summed E-state index contributed by atoms with van der Waals surface area (Å²) in [7, 11) is 0. The number of hydrogen-bond donors (Lipinski definition) is 2. The van der Waals surface area contributed by atoms with Gasteiger partial charge in [-0.25, -0.2) is 9.97 Å². The first-order chi connectivity index (χ1) is 12.6. The van der Waals surface area contributed by atoms with Crippen molar-refractivity contribution in [3.63, 3.8) is 0 Å². The number of carbonyl (C=O) groups excluding carboxylic acids is 1. The van der Waals surface area contributed by atoms with Crippen LogP contribution in [0.15, 0.2) is 55.1 Å². The summed E-state index contributed by atoms with van der Waals surface area (Å²) < 4.78 is 0. The van der Waals surface area contributed by atoms with E-state index in [-0.39, 0.29) is 17.9 Å². The highest BCUT2D eigenvalue weighted by molar-refractivity contribution is 5.92. The lowest BCUT2D eigenvalue weighted by atomic mass is 10.0. The van der Waals surface area contributed by atoms with E-state index in [0.717, 1.165) is 22.9 Å². The van der Waals surface area contributed by atoms with E-state index in [1.165, 1.54) is 6.33 Å². The van der Waals surface area contributed by atoms with Gasteiger partial charge in [-0.15, -0.1) is 0 Å². The first kappa shape index (κ1) is 17.8. The lowest BCUT2D eigenvalue weighted by Gasteiger charge is -2.22. The summed E-state index contributed by atoms with van der Waals surface area (Å²) >= 11 is 0. The summed E-state index contributed by atoms with van der Waals surface area (Å²) in [6.07, 6.45) is 5.81. The van der Waals surface area contributed by atoms with Gasteiger partial charge < -0.3 is 10.6 Å². The fourth-order valence-electron chi connectivity index (χ4n) is 2.79. The van der Waals surface area contributed by atoms with E-state index in [9.17, 15) is 4.79 Å². The maximum atomic E-state index is 12.7. The number of amides is 1. The van der Waals surface area contributed by atoms with Crippen molar-refractivity contribution in [1.29, 1.82) is 0 Å². The SMILES string of the molecule is CC(C)[C@H](Nc1ncnc2ccccc12)C(=O)NCCc1ccncc1. The molecule has 6 heteroatoms. The van der Waals surface area contributed by atoms with E-state index >= 15 is 0 Å². The Morgan fingerprint density at radius 3 is 2.62 bits per heavy atom. The quantitative estimate of drug-likeness (QED) is 0.686. The highest BCUT2D eigenvalue weighted by atomic mass is 16.2. The number of nitrogens with zero attached hydrogens (tertiary/aromatic N) is 3. The highest BCUT2D eigenvalue weighted by Crippen LogP contribution is 2.20. The predicted octanol–water partition coefficient (Wildman–Crippen LogP) is 2.82. The van der Waals surface area contributed by atoms with Gasteiger partial charge in [-0.3, -0.25) is 9.78 Å². The molecule has 1 atom stereocenters. The Morgan fingerprint density at radius 2 is 1.85 bits per heavy atom. The van der Waals surface area contributed by atoms with Gasteiger partial charge in [0.2, 0.25) is 5.91 Å². The average Bonchev–Trinajstić information content (AvgIpc) is 2.66. The van der Waals surface area contributed by atoms with Gasteiger partial charge >= 0.3 is 0 Å². The van der Waals surface area contributed by atoms with Gasteiger partial charge in [0.1, 0.15) is 18.2 Å². The fraction of sp³-hybridized carbons (Fsp3) is 0.300. The van der Waals surface area contributed by atoms with Crippen molar-refractivity contribution in [2.75, 3.05) is 11.9 Å². The molecule has 0 aliphatic heterocycles. The van der Waals surface area contributed by atoms with E-state index in [4.69, 9.17) is 0 Å². The number of nitrogens with one attached hydrogen (secondary N) is 2. The lowest BCUT2D eigenvalue weighted by molar-refractivity contribution is -0.122. The van der Waals surface area contributed by atoms with Crippen LogP contribution < -0.4 is 10.6 Å². The van der Waals surface area contributed by atoms with E-state index < -0.39 is 0 Å². The third-order valence-electron chi connectivity index (χ3n) is 4.25. The largest absolute Gasteiger partial charge is 0.358 e. The number of hydrogen-bond acceptors (Lipinski definition) is 5. The predicted molar refractivity (Wildman–Crippen MR) is 103 cm³/mol. The molecule has 0 saturated carbocycles. The molecule has 0 fully saturated rings. The summed E-state index contributed by atoms with van der Waals surface area (Å²) in [5, 5.41) is 7.22. The Hall–Kier alpha value is -3.02. The van der Waals surface area contributed by atoms with Crippen LogP contribution in [-0.2, 0) is 11.2 Å². The van der Waals surface area contributed by atoms with Gasteiger partial charge in [0.15, 0.2) is 0 Å². The molecule has 0 bridgehead atoms. The Balaban J connectivity index is 1.67. The molecule has 3 rings (SSSR count). The minimum absolute atomic E-state index is 0.0308. The minimum atomic E-state index is -0.370. The van der Waals surface area contributed by atoms with Crippen LogP contribution in [0.1, 0.15) is 19.4 Å². The van der Waals surface area contributed by atoms with Crippen LogP contribution >= 0.6 is 0 Å². The second-order valence-corrected chi connectivity index (χ2v) is 6.50. The molecule has 1 amide bonds. The van der Waals surface area contributed by atoms with Crippen molar-refractivity contribution < 1.29 is 4.79 Å². The number of carbonyl (C=O) groups is 1. The Bertz CT molecular complexity index is 861. The maximum Gasteiger partial charge on any atom is 0.242 e. The van der Waals surface area contributed by atoms with Gasteiger partial charge in [0.05, 0.1) is 5.52 Å². The van der Waals surface area contributed by atoms with E-state index in [2.05, 4.69) is 25.6 Å². The zero-order valence-corrected chi connectivity index (χ0v) is 15.0. The molecule has 2 heterocycles. The van der Waals surface area contributed by atoms with Crippen LogP contribution in [-0.4, -0.2) is 33.4 Å². The molecule has 2 N–H and O–H groups in total. The highest BCUT2D eigenvalue weighted by Gasteiger charge is 2.23. The zero-order chi connectivity index (χ0) is 18.4. The molecule has 0 aliphatic carbocycles. The fourth-order valence-corrected chi connectivity index (χ4v) is 2.79. The third-order valence-corrected chi connectivity index (χ3v) is 4.25. The molecule has 0 saturated heterocycles. The van der Waals surface area contributed by atoms with E-state index in [0.29, 0.717) is 12.4 Å². The van der Waals surface area contributed by atoms with Gasteiger partial charge in [-0.1, -0.05) is 26.0 Å². The first-order valence-electron chi connectivity index (χ1n) is 8.78. The van der Waals surface area contributed by atoms with E-state index in [1.807, 2.05) is 50.2 Å². The van der Waals surface area contributed by atoms with Gasteiger partial charge in [0.25, 0.3) is 0 Å². The zero-order valence-electron chi connectivity index (χ0n) is 15.0. The van der Waals surface area contributed by atoms with Gasteiger partial charge in [-0.05, 0) is 42.2 Å². The first-order valence-corrected chi connectivity index (χ1v) is 8.78. The normalized spacial score (nSPS) is 12.1. The molecule has 26 heavy (non-hydrogen) atoms. The monoisotopic (exact) mass is 349 g/mol. The van der Waals surface area contributed by atoms with Crippen LogP contribution in [0.3, 0.4) is 0 Å². The number of pyridine rings is 1. The summed E-state index contributed by atoms with van der Waals surface area (Å²) in [6, 6.07) is 11.3. The summed E-state index contributed by atoms with van der Waals surface area (Å²) in [4.78, 5) is 25.3. The second kappa shape index (κ2) is 8.38. The van der Waals surface area contributed by atoms with Crippen LogP contribution in [0.4, 0.5) is 5.82 Å². The maximum absolute atomic E-state index is 12.7. The summed E-state index contributed by atoms with van der Waals surface area (Å²) in [6.45, 7) is 4.62. The van der Waals surface area contributed by atoms with Crippen molar-refractivity contribution >= 4 is 22.6 Å². The molecule has 3 aromatic rings. The van der Waals surface area contributed by atoms with E-state index in [1.54, 1.807) is 12.4 Å². The van der Waals surface area contributed by atoms with Crippen LogP contribution in [0.2, 0.25) is 0 Å². The molecule has 134 valence electrons. The molecule has 0 spiro atoms. The average molecular weight is 349 g/mol. The standard InChI is InChI=1S/C20H23N5O/c1-14(2)18(20(26)22-12-9-15-7-10-21-11-8-15)25-19-16-5-3-4-6-17(16)23-13-24-19/h3-8,10-11,13-14,18H,9,12H2,1-2H3,(H,22,26)(H,23,24,25)/t18-/m0/s1. The number of rotatable bonds is 7. The van der Waals surface area contributed by atoms with Crippen molar-refractivity contribution in [2.45, 2.75) is 26.3 Å². The minimum Gasteiger partial charge on any atom is -0.358 e. The van der Waals surface area contributed by atoms with Crippen LogP contribution in [0.25, 0.3) is 10.9 Å². The van der Waals surface area contributed by atoms with Gasteiger partial charge in [-0.2, -0.15) is 0 Å². The van der Waals surface area contributed by atoms with Gasteiger partial charge in [0, 0.05) is 24.3 Å². The molecule has 0 unspecified atom stereocenters. The van der Waals surface area contributed by atoms with Crippen LogP contribution in [0.5, 0.6) is 0 Å². The molecule has 1 aromatic carbocycles. The number of benzene rings is 1. The molecular formula is C20H23N5O.